The lowest BCUT2D eigenvalue weighted by Gasteiger charge is -2.27. The maximum Gasteiger partial charge on any atom is 0.223 e. The van der Waals surface area contributed by atoms with Crippen LogP contribution < -0.4 is 10.1 Å². The van der Waals surface area contributed by atoms with Gasteiger partial charge < -0.3 is 15.0 Å². The molecule has 8 heteroatoms. The fraction of sp³-hybridized carbons (Fsp3) is 0.529. The first-order chi connectivity index (χ1) is 11.9. The van der Waals surface area contributed by atoms with Crippen LogP contribution in [-0.2, 0) is 19.4 Å². The molecule has 1 heterocycles. The van der Waals surface area contributed by atoms with E-state index in [1.165, 1.54) is 11.8 Å². The normalized spacial score (nSPS) is 18.5. The zero-order valence-electron chi connectivity index (χ0n) is 14.3. The van der Waals surface area contributed by atoms with Gasteiger partial charge in [-0.2, -0.15) is 0 Å². The van der Waals surface area contributed by atoms with E-state index in [-0.39, 0.29) is 42.4 Å². The van der Waals surface area contributed by atoms with Crippen molar-refractivity contribution in [3.8, 4) is 5.75 Å². The lowest BCUT2D eigenvalue weighted by atomic mass is 10.2. The number of nitrogens with one attached hydrogen (secondary N) is 1. The second kappa shape index (κ2) is 8.84. The highest BCUT2D eigenvalue weighted by Gasteiger charge is 2.33. The van der Waals surface area contributed by atoms with Gasteiger partial charge >= 0.3 is 0 Å². The molecule has 1 unspecified atom stereocenters. The average molecular weight is 368 g/mol. The van der Waals surface area contributed by atoms with Gasteiger partial charge in [0.1, 0.15) is 5.75 Å². The van der Waals surface area contributed by atoms with Crippen molar-refractivity contribution < 1.29 is 22.7 Å². The quantitative estimate of drug-likeness (QED) is 0.726. The van der Waals surface area contributed by atoms with Crippen LogP contribution in [-0.4, -0.2) is 62.4 Å². The van der Waals surface area contributed by atoms with Crippen molar-refractivity contribution in [1.82, 2.24) is 10.2 Å². The third-order valence-corrected chi connectivity index (χ3v) is 5.82. The molecule has 0 bridgehead atoms. The van der Waals surface area contributed by atoms with E-state index in [0.29, 0.717) is 25.3 Å². The van der Waals surface area contributed by atoms with E-state index in [4.69, 9.17) is 4.74 Å². The minimum atomic E-state index is -3.05. The van der Waals surface area contributed by atoms with Gasteiger partial charge in [0.05, 0.1) is 24.5 Å². The maximum atomic E-state index is 11.8. The highest BCUT2D eigenvalue weighted by Crippen LogP contribution is 2.17. The first kappa shape index (κ1) is 19.2. The highest BCUT2D eigenvalue weighted by molar-refractivity contribution is 7.91. The van der Waals surface area contributed by atoms with Gasteiger partial charge in [-0.1, -0.05) is 18.2 Å². The number of ether oxygens (including phenoxy) is 1. The standard InChI is InChI=1S/C17H24N2O5S/c1-14(20)19(15-8-12-25(22,23)13-15)10-9-18-17(21)7-11-24-16-5-3-2-4-6-16/h2-6,15H,7-13H2,1H3,(H,18,21). The minimum Gasteiger partial charge on any atom is -0.493 e. The summed E-state index contributed by atoms with van der Waals surface area (Å²) in [6.45, 7) is 2.29. The van der Waals surface area contributed by atoms with E-state index >= 15 is 0 Å². The van der Waals surface area contributed by atoms with E-state index < -0.39 is 9.84 Å². The van der Waals surface area contributed by atoms with Crippen molar-refractivity contribution >= 4 is 21.7 Å². The van der Waals surface area contributed by atoms with Crippen LogP contribution in [0.25, 0.3) is 0 Å². The number of sulfone groups is 1. The lowest BCUT2D eigenvalue weighted by Crippen LogP contribution is -2.44. The Labute approximate surface area is 148 Å². The zero-order valence-corrected chi connectivity index (χ0v) is 15.1. The first-order valence-electron chi connectivity index (χ1n) is 8.29. The number of carbonyl (C=O) groups excluding carboxylic acids is 2. The fourth-order valence-corrected chi connectivity index (χ4v) is 4.53. The van der Waals surface area contributed by atoms with Gasteiger partial charge in [-0.05, 0) is 18.6 Å². The van der Waals surface area contributed by atoms with Crippen molar-refractivity contribution in [2.45, 2.75) is 25.8 Å². The van der Waals surface area contributed by atoms with Gasteiger partial charge in [0, 0.05) is 26.1 Å². The molecule has 0 radical (unpaired) electrons. The van der Waals surface area contributed by atoms with Crippen LogP contribution in [0.3, 0.4) is 0 Å². The predicted octanol–water partition coefficient (Wildman–Crippen LogP) is 0.607. The van der Waals surface area contributed by atoms with Crippen molar-refractivity contribution in [2.75, 3.05) is 31.2 Å². The number of rotatable bonds is 8. The Morgan fingerprint density at radius 3 is 2.60 bits per heavy atom. The number of para-hydroxylation sites is 1. The Hall–Kier alpha value is -2.09. The molecule has 2 rings (SSSR count). The third-order valence-electron chi connectivity index (χ3n) is 4.07. The maximum absolute atomic E-state index is 11.8. The van der Waals surface area contributed by atoms with E-state index in [9.17, 15) is 18.0 Å². The molecule has 1 aromatic rings. The Kier molecular flexibility index (Phi) is 6.81. The summed E-state index contributed by atoms with van der Waals surface area (Å²) in [5.41, 5.74) is 0. The molecule has 1 fully saturated rings. The molecule has 1 aromatic carbocycles. The molecular formula is C17H24N2O5S. The SMILES string of the molecule is CC(=O)N(CCNC(=O)CCOc1ccccc1)C1CCS(=O)(=O)C1. The Bertz CT molecular complexity index is 690. The number of carbonyl (C=O) groups is 2. The molecule has 0 spiro atoms. The van der Waals surface area contributed by atoms with Crippen molar-refractivity contribution in [3.63, 3.8) is 0 Å². The molecule has 0 saturated carbocycles. The fourth-order valence-electron chi connectivity index (χ4n) is 2.80. The molecule has 1 aliphatic heterocycles. The van der Waals surface area contributed by atoms with Crippen LogP contribution in [0.4, 0.5) is 0 Å². The minimum absolute atomic E-state index is 0.00540. The second-order valence-corrected chi connectivity index (χ2v) is 8.26. The number of amides is 2. The molecule has 7 nitrogen and oxygen atoms in total. The highest BCUT2D eigenvalue weighted by atomic mass is 32.2. The van der Waals surface area contributed by atoms with Gasteiger partial charge in [-0.25, -0.2) is 8.42 Å². The summed E-state index contributed by atoms with van der Waals surface area (Å²) in [5.74, 6) is 0.485. The molecule has 25 heavy (non-hydrogen) atoms. The van der Waals surface area contributed by atoms with E-state index in [0.717, 1.165) is 0 Å². The van der Waals surface area contributed by atoms with Crippen molar-refractivity contribution in [2.24, 2.45) is 0 Å². The molecule has 1 atom stereocenters. The second-order valence-electron chi connectivity index (χ2n) is 6.03. The summed E-state index contributed by atoms with van der Waals surface area (Å²) in [4.78, 5) is 25.1. The topological polar surface area (TPSA) is 92.8 Å². The third kappa shape index (κ3) is 6.38. The zero-order chi connectivity index (χ0) is 18.3. The van der Waals surface area contributed by atoms with Crippen LogP contribution in [0.5, 0.6) is 5.75 Å². The average Bonchev–Trinajstić information content (AvgIpc) is 2.92. The monoisotopic (exact) mass is 368 g/mol. The van der Waals surface area contributed by atoms with Crippen molar-refractivity contribution in [3.05, 3.63) is 30.3 Å². The first-order valence-corrected chi connectivity index (χ1v) is 10.1. The largest absolute Gasteiger partial charge is 0.493 e. The number of hydrogen-bond donors (Lipinski definition) is 1. The molecule has 1 aliphatic rings. The smallest absolute Gasteiger partial charge is 0.223 e. The summed E-state index contributed by atoms with van der Waals surface area (Å²) >= 11 is 0. The lowest BCUT2D eigenvalue weighted by molar-refractivity contribution is -0.131. The Morgan fingerprint density at radius 2 is 2.00 bits per heavy atom. The Balaban J connectivity index is 1.69. The van der Waals surface area contributed by atoms with Gasteiger partial charge in [0.2, 0.25) is 11.8 Å². The van der Waals surface area contributed by atoms with Crippen LogP contribution in [0.1, 0.15) is 19.8 Å². The molecule has 138 valence electrons. The summed E-state index contributed by atoms with van der Waals surface area (Å²) in [7, 11) is -3.05. The molecule has 1 saturated heterocycles. The van der Waals surface area contributed by atoms with E-state index in [1.54, 1.807) is 0 Å². The van der Waals surface area contributed by atoms with Gasteiger partial charge in [-0.15, -0.1) is 0 Å². The Morgan fingerprint density at radius 1 is 1.28 bits per heavy atom. The number of nitrogens with zero attached hydrogens (tertiary/aromatic N) is 1. The van der Waals surface area contributed by atoms with Gasteiger partial charge in [0.15, 0.2) is 9.84 Å². The molecule has 2 amide bonds. The summed E-state index contributed by atoms with van der Waals surface area (Å²) in [5, 5.41) is 2.74. The van der Waals surface area contributed by atoms with Crippen molar-refractivity contribution in [1.29, 1.82) is 0 Å². The van der Waals surface area contributed by atoms with Crippen LogP contribution in [0.2, 0.25) is 0 Å². The van der Waals surface area contributed by atoms with Crippen LogP contribution in [0.15, 0.2) is 30.3 Å². The van der Waals surface area contributed by atoms with E-state index in [2.05, 4.69) is 5.32 Å². The predicted molar refractivity (Wildman–Crippen MR) is 94.0 cm³/mol. The van der Waals surface area contributed by atoms with Gasteiger partial charge in [0.25, 0.3) is 0 Å². The molecule has 1 N–H and O–H groups in total. The summed E-state index contributed by atoms with van der Waals surface area (Å²) < 4.78 is 28.6. The van der Waals surface area contributed by atoms with Gasteiger partial charge in [-0.3, -0.25) is 9.59 Å². The number of benzene rings is 1. The summed E-state index contributed by atoms with van der Waals surface area (Å²) in [6, 6.07) is 8.94. The van der Waals surface area contributed by atoms with Crippen LogP contribution in [0, 0.1) is 0 Å². The molecule has 0 aliphatic carbocycles. The van der Waals surface area contributed by atoms with E-state index in [1.807, 2.05) is 30.3 Å². The molecular weight excluding hydrogens is 344 g/mol. The molecule has 0 aromatic heterocycles. The van der Waals surface area contributed by atoms with Crippen LogP contribution >= 0.6 is 0 Å². The number of hydrogen-bond acceptors (Lipinski definition) is 5. The summed E-state index contributed by atoms with van der Waals surface area (Å²) in [6.07, 6.45) is 0.674.